The lowest BCUT2D eigenvalue weighted by atomic mass is 9.85. The third-order valence-corrected chi connectivity index (χ3v) is 7.25. The minimum atomic E-state index is 0.720. The van der Waals surface area contributed by atoms with E-state index in [2.05, 4.69) is 34.3 Å². The summed E-state index contributed by atoms with van der Waals surface area (Å²) in [4.78, 5) is 0. The number of hydrogen-bond acceptors (Lipinski definition) is 0. The van der Waals surface area contributed by atoms with Crippen LogP contribution >= 0.6 is 0 Å². The molecule has 2 unspecified atom stereocenters. The summed E-state index contributed by atoms with van der Waals surface area (Å²) in [5, 5.41) is 0. The fourth-order valence-electron chi connectivity index (χ4n) is 4.73. The molecule has 0 aromatic heterocycles. The van der Waals surface area contributed by atoms with Gasteiger partial charge in [-0.05, 0) is 24.7 Å². The van der Waals surface area contributed by atoms with Crippen LogP contribution in [-0.2, 0) is 0 Å². The molecule has 0 aliphatic carbocycles. The Morgan fingerprint density at radius 2 is 0.667 bits per heavy atom. The predicted molar refractivity (Wildman–Crippen MR) is 140 cm³/mol. The normalized spacial score (nSPS) is 13.5. The molecule has 0 heteroatoms. The number of rotatable bonds is 24. The van der Waals surface area contributed by atoms with Crippen LogP contribution in [0.25, 0.3) is 0 Å². The Labute approximate surface area is 193 Å². The van der Waals surface area contributed by atoms with Gasteiger partial charge in [0.1, 0.15) is 0 Å². The number of unbranched alkanes of at least 4 members (excludes halogenated alkanes) is 18. The summed E-state index contributed by atoms with van der Waals surface area (Å²) in [6.45, 7) is 13.9. The van der Waals surface area contributed by atoms with Crippen molar-refractivity contribution in [1.29, 1.82) is 0 Å². The van der Waals surface area contributed by atoms with E-state index in [-0.39, 0.29) is 0 Å². The van der Waals surface area contributed by atoms with E-state index in [9.17, 15) is 0 Å². The molecular weight excluding hydrogens is 360 g/mol. The van der Waals surface area contributed by atoms with E-state index in [1.807, 2.05) is 0 Å². The summed E-state index contributed by atoms with van der Waals surface area (Å²) in [5.41, 5.74) is 1.53. The average molecular weight is 421 g/mol. The van der Waals surface area contributed by atoms with Gasteiger partial charge in [-0.2, -0.15) is 0 Å². The van der Waals surface area contributed by atoms with E-state index >= 15 is 0 Å². The third-order valence-electron chi connectivity index (χ3n) is 7.25. The molecule has 0 heterocycles. The Balaban J connectivity index is 3.49. The van der Waals surface area contributed by atoms with Gasteiger partial charge in [0.2, 0.25) is 0 Å². The van der Waals surface area contributed by atoms with Crippen molar-refractivity contribution in [3.63, 3.8) is 0 Å². The highest BCUT2D eigenvalue weighted by atomic mass is 14.2. The number of allylic oxidation sites excluding steroid dienone is 1. The molecule has 0 aromatic rings. The second-order valence-electron chi connectivity index (χ2n) is 10.3. The van der Waals surface area contributed by atoms with Gasteiger partial charge in [0, 0.05) is 0 Å². The van der Waals surface area contributed by atoms with Gasteiger partial charge >= 0.3 is 0 Å². The van der Waals surface area contributed by atoms with Gasteiger partial charge in [0.15, 0.2) is 0 Å². The maximum absolute atomic E-state index is 4.48. The molecule has 0 aliphatic rings. The van der Waals surface area contributed by atoms with Crippen molar-refractivity contribution < 1.29 is 0 Å². The summed E-state index contributed by atoms with van der Waals surface area (Å²) >= 11 is 0. The highest BCUT2D eigenvalue weighted by molar-refractivity contribution is 5.03. The molecule has 0 aliphatic heterocycles. The molecule has 0 rings (SSSR count). The maximum Gasteiger partial charge on any atom is -0.0232 e. The lowest BCUT2D eigenvalue weighted by molar-refractivity contribution is 0.455. The monoisotopic (exact) mass is 420 g/mol. The predicted octanol–water partition coefficient (Wildman–Crippen LogP) is 11.4. The topological polar surface area (TPSA) is 0 Å². The summed E-state index contributed by atoms with van der Waals surface area (Å²) in [7, 11) is 0. The van der Waals surface area contributed by atoms with Crippen molar-refractivity contribution in [1.82, 2.24) is 0 Å². The molecule has 0 amide bonds. The van der Waals surface area contributed by atoms with Crippen LogP contribution in [0.15, 0.2) is 12.2 Å². The standard InChI is InChI=1S/C30H60/c1-6-8-10-12-14-16-18-20-22-24-26-28(3)30(5)29(4)27-25-23-21-19-17-15-13-11-9-7-2/h28-29H,5-27H2,1-4H3. The molecule has 0 aromatic carbocycles. The van der Waals surface area contributed by atoms with Gasteiger partial charge in [0.25, 0.3) is 0 Å². The molecule has 0 saturated heterocycles. The Morgan fingerprint density at radius 3 is 0.933 bits per heavy atom. The number of hydrogen-bond donors (Lipinski definition) is 0. The van der Waals surface area contributed by atoms with Crippen LogP contribution in [0, 0.1) is 11.8 Å². The minimum absolute atomic E-state index is 0.720. The van der Waals surface area contributed by atoms with E-state index in [0.717, 1.165) is 11.8 Å². The van der Waals surface area contributed by atoms with E-state index in [1.165, 1.54) is 147 Å². The maximum atomic E-state index is 4.48. The van der Waals surface area contributed by atoms with E-state index in [4.69, 9.17) is 0 Å². The van der Waals surface area contributed by atoms with Gasteiger partial charge < -0.3 is 0 Å². The Hall–Kier alpha value is -0.260. The van der Waals surface area contributed by atoms with E-state index in [1.54, 1.807) is 0 Å². The first-order valence-corrected chi connectivity index (χ1v) is 14.3. The van der Waals surface area contributed by atoms with Crippen molar-refractivity contribution in [2.45, 2.75) is 169 Å². The first kappa shape index (κ1) is 29.7. The van der Waals surface area contributed by atoms with Crippen LogP contribution in [-0.4, -0.2) is 0 Å². The zero-order valence-corrected chi connectivity index (χ0v) is 21.9. The van der Waals surface area contributed by atoms with Gasteiger partial charge in [-0.15, -0.1) is 0 Å². The van der Waals surface area contributed by atoms with Crippen LogP contribution < -0.4 is 0 Å². The van der Waals surface area contributed by atoms with E-state index < -0.39 is 0 Å². The van der Waals surface area contributed by atoms with Crippen molar-refractivity contribution in [3.8, 4) is 0 Å². The van der Waals surface area contributed by atoms with Crippen LogP contribution in [0.1, 0.15) is 169 Å². The average Bonchev–Trinajstić information content (AvgIpc) is 2.75. The molecule has 0 radical (unpaired) electrons. The van der Waals surface area contributed by atoms with E-state index in [0.29, 0.717) is 0 Å². The van der Waals surface area contributed by atoms with Crippen LogP contribution in [0.2, 0.25) is 0 Å². The zero-order valence-electron chi connectivity index (χ0n) is 21.9. The van der Waals surface area contributed by atoms with Gasteiger partial charge in [0.05, 0.1) is 0 Å². The molecule has 0 fully saturated rings. The molecule has 0 spiro atoms. The quantitative estimate of drug-likeness (QED) is 0.107. The van der Waals surface area contributed by atoms with Crippen molar-refractivity contribution in [2.24, 2.45) is 11.8 Å². The smallest absolute Gasteiger partial charge is 0.0232 e. The van der Waals surface area contributed by atoms with Crippen molar-refractivity contribution in [3.05, 3.63) is 12.2 Å². The first-order chi connectivity index (χ1) is 14.6. The molecule has 30 heavy (non-hydrogen) atoms. The molecule has 0 bridgehead atoms. The second-order valence-corrected chi connectivity index (χ2v) is 10.3. The fraction of sp³-hybridized carbons (Fsp3) is 0.933. The first-order valence-electron chi connectivity index (χ1n) is 14.3. The molecule has 180 valence electrons. The summed E-state index contributed by atoms with van der Waals surface area (Å²) in [5.74, 6) is 1.44. The molecule has 2 atom stereocenters. The van der Waals surface area contributed by atoms with Crippen LogP contribution in [0.4, 0.5) is 0 Å². The minimum Gasteiger partial charge on any atom is -0.0993 e. The molecule has 0 saturated carbocycles. The summed E-state index contributed by atoms with van der Waals surface area (Å²) < 4.78 is 0. The zero-order chi connectivity index (χ0) is 22.3. The lowest BCUT2D eigenvalue weighted by Gasteiger charge is -2.21. The van der Waals surface area contributed by atoms with Crippen LogP contribution in [0.5, 0.6) is 0 Å². The highest BCUT2D eigenvalue weighted by Gasteiger charge is 2.13. The Morgan fingerprint density at radius 1 is 0.433 bits per heavy atom. The Bertz CT molecular complexity index is 310. The van der Waals surface area contributed by atoms with Crippen molar-refractivity contribution in [2.75, 3.05) is 0 Å². The van der Waals surface area contributed by atoms with Gasteiger partial charge in [-0.3, -0.25) is 0 Å². The molecular formula is C30H60. The van der Waals surface area contributed by atoms with Gasteiger partial charge in [-0.25, -0.2) is 0 Å². The highest BCUT2D eigenvalue weighted by Crippen LogP contribution is 2.27. The summed E-state index contributed by atoms with van der Waals surface area (Å²) in [6, 6.07) is 0. The Kier molecular flexibility index (Phi) is 23.2. The second kappa shape index (κ2) is 23.4. The molecule has 0 nitrogen and oxygen atoms in total. The molecule has 0 N–H and O–H groups in total. The summed E-state index contributed by atoms with van der Waals surface area (Å²) in [6.07, 6.45) is 31.4. The third kappa shape index (κ3) is 19.7. The largest absolute Gasteiger partial charge is 0.0993 e. The van der Waals surface area contributed by atoms with Crippen LogP contribution in [0.3, 0.4) is 0 Å². The fourth-order valence-corrected chi connectivity index (χ4v) is 4.73. The SMILES string of the molecule is C=C(C(C)CCCCCCCCCCCC)C(C)CCCCCCCCCCCC. The lowest BCUT2D eigenvalue weighted by Crippen LogP contribution is -2.07. The van der Waals surface area contributed by atoms with Crippen molar-refractivity contribution >= 4 is 0 Å². The van der Waals surface area contributed by atoms with Gasteiger partial charge in [-0.1, -0.05) is 168 Å².